The second-order valence-corrected chi connectivity index (χ2v) is 9.63. The van der Waals surface area contributed by atoms with Crippen molar-refractivity contribution in [1.82, 2.24) is 0 Å². The molecule has 150 valence electrons. The molecule has 0 radical (unpaired) electrons. The summed E-state index contributed by atoms with van der Waals surface area (Å²) in [5.74, 6) is 4.86. The summed E-state index contributed by atoms with van der Waals surface area (Å²) in [5, 5.41) is 0. The van der Waals surface area contributed by atoms with Crippen LogP contribution in [0.5, 0.6) is 0 Å². The Kier molecular flexibility index (Phi) is 7.88. The van der Waals surface area contributed by atoms with Crippen molar-refractivity contribution in [2.75, 3.05) is 0 Å². The summed E-state index contributed by atoms with van der Waals surface area (Å²) in [6.45, 7) is 4.45. The van der Waals surface area contributed by atoms with Gasteiger partial charge in [-0.2, -0.15) is 0 Å². The number of hydrogen-bond donors (Lipinski definition) is 0. The van der Waals surface area contributed by atoms with Crippen LogP contribution in [0, 0.1) is 29.6 Å². The van der Waals surface area contributed by atoms with Crippen molar-refractivity contribution in [2.45, 2.75) is 116 Å². The summed E-state index contributed by atoms with van der Waals surface area (Å²) in [4.78, 5) is 12.0. The fourth-order valence-electron chi connectivity index (χ4n) is 6.47. The van der Waals surface area contributed by atoms with E-state index in [-0.39, 0.29) is 12.1 Å². The molecule has 0 N–H and O–H groups in total. The first kappa shape index (κ1) is 20.2. The van der Waals surface area contributed by atoms with E-state index in [0.29, 0.717) is 6.42 Å². The monoisotopic (exact) mass is 362 g/mol. The Hall–Kier alpha value is -0.530. The minimum atomic E-state index is 0.0524. The first-order chi connectivity index (χ1) is 12.7. The van der Waals surface area contributed by atoms with Crippen molar-refractivity contribution in [3.05, 3.63) is 0 Å². The van der Waals surface area contributed by atoms with Gasteiger partial charge in [-0.15, -0.1) is 0 Å². The Bertz CT molecular complexity index is 432. The lowest BCUT2D eigenvalue weighted by molar-refractivity contribution is -0.153. The second-order valence-electron chi connectivity index (χ2n) is 9.63. The SMILES string of the molecule is CCCCCC1CCC2C(CCC3CC(OC(=O)CCCC)CCC32)C1. The van der Waals surface area contributed by atoms with Crippen molar-refractivity contribution in [1.29, 1.82) is 0 Å². The molecule has 0 aromatic heterocycles. The van der Waals surface area contributed by atoms with Gasteiger partial charge in [-0.25, -0.2) is 0 Å². The molecule has 0 spiro atoms. The molecule has 3 aliphatic rings. The molecule has 0 aliphatic heterocycles. The summed E-state index contributed by atoms with van der Waals surface area (Å²) in [6.07, 6.45) is 19.6. The number of rotatable bonds is 8. The largest absolute Gasteiger partial charge is 0.462 e. The van der Waals surface area contributed by atoms with E-state index in [1.807, 2.05) is 0 Å². The standard InChI is InChI=1S/C24H42O2/c1-3-5-7-8-18-10-14-22-19(16-18)11-12-20-17-21(13-15-23(20)22)26-24(25)9-6-4-2/h18-23H,3-17H2,1-2H3. The van der Waals surface area contributed by atoms with E-state index in [9.17, 15) is 4.79 Å². The maximum Gasteiger partial charge on any atom is 0.306 e. The molecular weight excluding hydrogens is 320 g/mol. The Morgan fingerprint density at radius 1 is 0.808 bits per heavy atom. The van der Waals surface area contributed by atoms with E-state index >= 15 is 0 Å². The van der Waals surface area contributed by atoms with Crippen LogP contribution in [0.25, 0.3) is 0 Å². The highest BCUT2D eigenvalue weighted by Crippen LogP contribution is 2.53. The van der Waals surface area contributed by atoms with Crippen molar-refractivity contribution in [3.8, 4) is 0 Å². The van der Waals surface area contributed by atoms with E-state index in [1.165, 1.54) is 64.2 Å². The molecule has 0 aromatic carbocycles. The van der Waals surface area contributed by atoms with Crippen LogP contribution in [0.4, 0.5) is 0 Å². The van der Waals surface area contributed by atoms with Gasteiger partial charge < -0.3 is 4.74 Å². The molecule has 3 saturated carbocycles. The molecule has 3 rings (SSSR count). The molecule has 2 heteroatoms. The first-order valence-electron chi connectivity index (χ1n) is 11.9. The molecule has 0 heterocycles. The molecule has 6 unspecified atom stereocenters. The molecule has 6 atom stereocenters. The van der Waals surface area contributed by atoms with E-state index < -0.39 is 0 Å². The van der Waals surface area contributed by atoms with Crippen molar-refractivity contribution >= 4 is 5.97 Å². The molecule has 0 aromatic rings. The Morgan fingerprint density at radius 2 is 1.50 bits per heavy atom. The average Bonchev–Trinajstić information content (AvgIpc) is 2.66. The lowest BCUT2D eigenvalue weighted by Gasteiger charge is -2.50. The molecular formula is C24H42O2. The fourth-order valence-corrected chi connectivity index (χ4v) is 6.47. The van der Waals surface area contributed by atoms with Crippen LogP contribution in [-0.2, 0) is 9.53 Å². The molecule has 0 saturated heterocycles. The number of carbonyl (C=O) groups excluding carboxylic acids is 1. The normalized spacial score (nSPS) is 36.8. The highest BCUT2D eigenvalue weighted by Gasteiger charge is 2.44. The van der Waals surface area contributed by atoms with Crippen molar-refractivity contribution in [3.63, 3.8) is 0 Å². The van der Waals surface area contributed by atoms with E-state index in [4.69, 9.17) is 4.74 Å². The van der Waals surface area contributed by atoms with Crippen LogP contribution < -0.4 is 0 Å². The van der Waals surface area contributed by atoms with Gasteiger partial charge in [0, 0.05) is 6.42 Å². The maximum atomic E-state index is 12.0. The van der Waals surface area contributed by atoms with Gasteiger partial charge in [-0.1, -0.05) is 52.4 Å². The van der Waals surface area contributed by atoms with Crippen LogP contribution in [0.3, 0.4) is 0 Å². The Labute approximate surface area is 161 Å². The lowest BCUT2D eigenvalue weighted by Crippen LogP contribution is -2.43. The first-order valence-corrected chi connectivity index (χ1v) is 11.9. The molecule has 0 bridgehead atoms. The van der Waals surface area contributed by atoms with Crippen LogP contribution >= 0.6 is 0 Å². The minimum Gasteiger partial charge on any atom is -0.462 e. The molecule has 2 nitrogen and oxygen atoms in total. The van der Waals surface area contributed by atoms with Crippen molar-refractivity contribution in [2.24, 2.45) is 29.6 Å². The number of esters is 1. The Morgan fingerprint density at radius 3 is 2.23 bits per heavy atom. The summed E-state index contributed by atoms with van der Waals surface area (Å²) < 4.78 is 5.81. The van der Waals surface area contributed by atoms with Crippen LogP contribution in [-0.4, -0.2) is 12.1 Å². The zero-order chi connectivity index (χ0) is 18.4. The van der Waals surface area contributed by atoms with Gasteiger partial charge in [0.1, 0.15) is 6.10 Å². The summed E-state index contributed by atoms with van der Waals surface area (Å²) in [5.41, 5.74) is 0. The quantitative estimate of drug-likeness (QED) is 0.346. The molecule has 26 heavy (non-hydrogen) atoms. The van der Waals surface area contributed by atoms with Gasteiger partial charge in [0.15, 0.2) is 0 Å². The second kappa shape index (κ2) is 10.1. The van der Waals surface area contributed by atoms with E-state index in [2.05, 4.69) is 13.8 Å². The Balaban J connectivity index is 1.45. The minimum absolute atomic E-state index is 0.0524. The third-order valence-corrected chi connectivity index (χ3v) is 7.85. The summed E-state index contributed by atoms with van der Waals surface area (Å²) in [7, 11) is 0. The smallest absolute Gasteiger partial charge is 0.306 e. The molecule has 3 fully saturated rings. The summed E-state index contributed by atoms with van der Waals surface area (Å²) >= 11 is 0. The van der Waals surface area contributed by atoms with E-state index in [0.717, 1.165) is 55.3 Å². The number of carbonyl (C=O) groups is 1. The van der Waals surface area contributed by atoms with Crippen LogP contribution in [0.15, 0.2) is 0 Å². The highest BCUT2D eigenvalue weighted by atomic mass is 16.5. The van der Waals surface area contributed by atoms with Gasteiger partial charge in [-0.3, -0.25) is 4.79 Å². The lowest BCUT2D eigenvalue weighted by atomic mass is 9.56. The highest BCUT2D eigenvalue weighted by molar-refractivity contribution is 5.69. The number of hydrogen-bond acceptors (Lipinski definition) is 2. The third-order valence-electron chi connectivity index (χ3n) is 7.85. The number of ether oxygens (including phenoxy) is 1. The predicted molar refractivity (Wildman–Crippen MR) is 108 cm³/mol. The third kappa shape index (κ3) is 5.26. The topological polar surface area (TPSA) is 26.3 Å². The van der Waals surface area contributed by atoms with Crippen molar-refractivity contribution < 1.29 is 9.53 Å². The fraction of sp³-hybridized carbons (Fsp3) is 0.958. The molecule has 3 aliphatic carbocycles. The van der Waals surface area contributed by atoms with Crippen LogP contribution in [0.1, 0.15) is 110 Å². The molecule has 0 amide bonds. The number of fused-ring (bicyclic) bond motifs is 3. The van der Waals surface area contributed by atoms with E-state index in [1.54, 1.807) is 0 Å². The van der Waals surface area contributed by atoms with Gasteiger partial charge in [-0.05, 0) is 81.0 Å². The van der Waals surface area contributed by atoms with Gasteiger partial charge >= 0.3 is 5.97 Å². The summed E-state index contributed by atoms with van der Waals surface area (Å²) in [6, 6.07) is 0. The average molecular weight is 363 g/mol. The predicted octanol–water partition coefficient (Wildman–Crippen LogP) is 6.91. The van der Waals surface area contributed by atoms with Gasteiger partial charge in [0.2, 0.25) is 0 Å². The van der Waals surface area contributed by atoms with Crippen LogP contribution in [0.2, 0.25) is 0 Å². The zero-order valence-corrected chi connectivity index (χ0v) is 17.4. The van der Waals surface area contributed by atoms with Gasteiger partial charge in [0.05, 0.1) is 0 Å². The zero-order valence-electron chi connectivity index (χ0n) is 17.4. The van der Waals surface area contributed by atoms with Gasteiger partial charge in [0.25, 0.3) is 0 Å². The number of unbranched alkanes of at least 4 members (excludes halogenated alkanes) is 3. The maximum absolute atomic E-state index is 12.0.